The second-order valence-electron chi connectivity index (χ2n) is 14.9. The average Bonchev–Trinajstić information content (AvgIpc) is 3.51. The molecule has 1 fully saturated rings. The van der Waals surface area contributed by atoms with Gasteiger partial charge in [0.05, 0.1) is 13.1 Å². The maximum Gasteiger partial charge on any atom is 0.306 e. The van der Waals surface area contributed by atoms with E-state index in [4.69, 9.17) is 9.47 Å². The molecule has 1 rings (SSSR count). The second-order valence-corrected chi connectivity index (χ2v) is 14.9. The Morgan fingerprint density at radius 1 is 0.519 bits per heavy atom. The minimum atomic E-state index is -0.609. The van der Waals surface area contributed by atoms with Gasteiger partial charge in [-0.05, 0) is 91.1 Å². The van der Waals surface area contributed by atoms with E-state index in [2.05, 4.69) is 62.5 Å². The molecular weight excluding hydrogens is 649 g/mol. The van der Waals surface area contributed by atoms with Crippen LogP contribution >= 0.6 is 0 Å². The molecule has 1 saturated heterocycles. The van der Waals surface area contributed by atoms with Gasteiger partial charge in [-0.1, -0.05) is 127 Å². The molecule has 298 valence electrons. The Morgan fingerprint density at radius 3 is 1.27 bits per heavy atom. The van der Waals surface area contributed by atoms with Crippen LogP contribution in [0.25, 0.3) is 0 Å². The number of hydrogen-bond donors (Lipinski definition) is 0. The van der Waals surface area contributed by atoms with E-state index in [0.717, 1.165) is 77.0 Å². The van der Waals surface area contributed by atoms with Gasteiger partial charge in [0.15, 0.2) is 12.2 Å². The summed E-state index contributed by atoms with van der Waals surface area (Å²) in [5, 5.41) is 0. The van der Waals surface area contributed by atoms with Crippen LogP contribution in [0.15, 0.2) is 48.6 Å². The highest BCUT2D eigenvalue weighted by atomic mass is 16.6. The van der Waals surface area contributed by atoms with Gasteiger partial charge >= 0.3 is 11.9 Å². The summed E-state index contributed by atoms with van der Waals surface area (Å²) in [6.45, 7) is 5.67. The molecule has 7 nitrogen and oxygen atoms in total. The molecule has 0 aromatic rings. The molecule has 0 radical (unpaired) electrons. The van der Waals surface area contributed by atoms with Crippen molar-refractivity contribution in [2.24, 2.45) is 0 Å². The number of ether oxygens (including phenoxy) is 2. The van der Waals surface area contributed by atoms with Crippen LogP contribution in [-0.4, -0.2) is 73.6 Å². The molecule has 1 amide bonds. The Morgan fingerprint density at radius 2 is 0.885 bits per heavy atom. The number of rotatable bonds is 33. The fraction of sp³-hybridized carbons (Fsp3) is 0.756. The zero-order chi connectivity index (χ0) is 37.9. The number of unbranched alkanes of at least 4 members (excludes halogenated alkanes) is 16. The van der Waals surface area contributed by atoms with Gasteiger partial charge in [0.1, 0.15) is 0 Å². The third-order valence-corrected chi connectivity index (χ3v) is 9.57. The number of nitrogens with zero attached hydrogens (tertiary/aromatic N) is 2. The minimum Gasteiger partial charge on any atom is -0.456 e. The predicted molar refractivity (Wildman–Crippen MR) is 218 cm³/mol. The van der Waals surface area contributed by atoms with Gasteiger partial charge in [-0.2, -0.15) is 0 Å². The van der Waals surface area contributed by atoms with Gasteiger partial charge in [-0.3, -0.25) is 14.4 Å². The number of likely N-dealkylation sites (tertiary alicyclic amines) is 1. The fourth-order valence-electron chi connectivity index (χ4n) is 6.27. The van der Waals surface area contributed by atoms with Crippen molar-refractivity contribution in [3.63, 3.8) is 0 Å². The van der Waals surface area contributed by atoms with E-state index in [1.165, 1.54) is 64.2 Å². The van der Waals surface area contributed by atoms with Crippen molar-refractivity contribution >= 4 is 17.8 Å². The van der Waals surface area contributed by atoms with E-state index in [1.807, 2.05) is 19.0 Å². The van der Waals surface area contributed by atoms with E-state index in [-0.39, 0.29) is 30.9 Å². The molecular formula is C45H78N2O5. The Labute approximate surface area is 319 Å². The number of carbonyl (C=O) groups excluding carboxylic acids is 3. The molecule has 0 aromatic carbocycles. The summed E-state index contributed by atoms with van der Waals surface area (Å²) in [5.41, 5.74) is 0. The maximum absolute atomic E-state index is 12.9. The number of allylic oxidation sites excluding steroid dienone is 8. The van der Waals surface area contributed by atoms with Gasteiger partial charge in [0.25, 0.3) is 0 Å². The monoisotopic (exact) mass is 727 g/mol. The molecule has 2 atom stereocenters. The number of amides is 1. The Balaban J connectivity index is 2.31. The van der Waals surface area contributed by atoms with E-state index < -0.39 is 12.2 Å². The lowest BCUT2D eigenvalue weighted by atomic mass is 10.1. The summed E-state index contributed by atoms with van der Waals surface area (Å²) >= 11 is 0. The molecule has 0 aromatic heterocycles. The Kier molecular flexibility index (Phi) is 31.1. The van der Waals surface area contributed by atoms with Crippen molar-refractivity contribution in [2.45, 2.75) is 187 Å². The third-order valence-electron chi connectivity index (χ3n) is 9.57. The summed E-state index contributed by atoms with van der Waals surface area (Å²) in [6, 6.07) is 0. The van der Waals surface area contributed by atoms with Crippen LogP contribution in [0.1, 0.15) is 174 Å². The first-order chi connectivity index (χ1) is 25.4. The summed E-state index contributed by atoms with van der Waals surface area (Å²) in [7, 11) is 3.87. The normalized spacial score (nSPS) is 16.4. The number of carbonyl (C=O) groups is 3. The molecule has 1 aliphatic heterocycles. The highest BCUT2D eigenvalue weighted by Gasteiger charge is 2.40. The fourth-order valence-corrected chi connectivity index (χ4v) is 6.27. The van der Waals surface area contributed by atoms with Gasteiger partial charge in [0.2, 0.25) is 5.91 Å². The van der Waals surface area contributed by atoms with Crippen molar-refractivity contribution in [3.05, 3.63) is 48.6 Å². The molecule has 0 bridgehead atoms. The van der Waals surface area contributed by atoms with E-state index >= 15 is 0 Å². The first-order valence-electron chi connectivity index (χ1n) is 21.3. The molecule has 0 spiro atoms. The highest BCUT2D eigenvalue weighted by molar-refractivity contribution is 5.77. The topological polar surface area (TPSA) is 76.2 Å². The smallest absolute Gasteiger partial charge is 0.306 e. The summed E-state index contributed by atoms with van der Waals surface area (Å²) in [4.78, 5) is 42.1. The number of esters is 2. The first kappa shape index (κ1) is 47.4. The summed E-state index contributed by atoms with van der Waals surface area (Å²) in [6.07, 6.45) is 42.9. The average molecular weight is 727 g/mol. The lowest BCUT2D eigenvalue weighted by Gasteiger charge is -2.19. The van der Waals surface area contributed by atoms with Crippen molar-refractivity contribution < 1.29 is 23.9 Å². The number of hydrogen-bond acceptors (Lipinski definition) is 6. The van der Waals surface area contributed by atoms with Crippen LogP contribution in [0.2, 0.25) is 0 Å². The summed E-state index contributed by atoms with van der Waals surface area (Å²) in [5.74, 6) is -0.545. The minimum absolute atomic E-state index is 0.00395. The van der Waals surface area contributed by atoms with E-state index in [9.17, 15) is 14.4 Å². The summed E-state index contributed by atoms with van der Waals surface area (Å²) < 4.78 is 11.7. The zero-order valence-corrected chi connectivity index (χ0v) is 34.0. The largest absolute Gasteiger partial charge is 0.456 e. The SMILES string of the molecule is CCCCC/C=C\C/C=C\CCCCCCCC(=O)OC1CN(C(=O)CCN(C)C)C[C@H]1OC(=O)CCCCCCC/C=C\C/C=C\CCCCC. The van der Waals surface area contributed by atoms with Gasteiger partial charge in [-0.25, -0.2) is 0 Å². The van der Waals surface area contributed by atoms with Crippen LogP contribution in [0, 0.1) is 0 Å². The van der Waals surface area contributed by atoms with Crippen molar-refractivity contribution in [2.75, 3.05) is 33.7 Å². The second kappa shape index (κ2) is 34.1. The molecule has 0 saturated carbocycles. The Hall–Kier alpha value is -2.67. The van der Waals surface area contributed by atoms with Crippen molar-refractivity contribution in [1.82, 2.24) is 9.80 Å². The molecule has 52 heavy (non-hydrogen) atoms. The van der Waals surface area contributed by atoms with E-state index in [0.29, 0.717) is 25.8 Å². The van der Waals surface area contributed by atoms with Gasteiger partial charge < -0.3 is 19.3 Å². The van der Waals surface area contributed by atoms with Crippen molar-refractivity contribution in [3.8, 4) is 0 Å². The van der Waals surface area contributed by atoms with Crippen LogP contribution in [0.3, 0.4) is 0 Å². The van der Waals surface area contributed by atoms with Crippen LogP contribution < -0.4 is 0 Å². The maximum atomic E-state index is 12.9. The zero-order valence-electron chi connectivity index (χ0n) is 34.0. The van der Waals surface area contributed by atoms with E-state index in [1.54, 1.807) is 4.90 Å². The van der Waals surface area contributed by atoms with Crippen LogP contribution in [0.5, 0.6) is 0 Å². The molecule has 1 heterocycles. The molecule has 1 aliphatic rings. The quantitative estimate of drug-likeness (QED) is 0.0381. The molecule has 7 heteroatoms. The van der Waals surface area contributed by atoms with Crippen LogP contribution in [0.4, 0.5) is 0 Å². The lowest BCUT2D eigenvalue weighted by Crippen LogP contribution is -2.33. The molecule has 0 aliphatic carbocycles. The molecule has 1 unspecified atom stereocenters. The standard InChI is InChI=1S/C45H78N2O5/c1-5-7-9-11-13-15-17-19-21-23-25-27-29-31-33-35-44(49)51-41-39-47(43(48)37-38-46(3)4)40-42(41)52-45(50)36-34-32-30-28-26-24-22-20-18-16-14-12-10-8-6-2/h13-16,19-22,41-42H,5-12,17-18,23-40H2,1-4H3/b15-13-,16-14-,21-19-,22-20-/t41-,42?/m1/s1. The Bertz CT molecular complexity index is 949. The third kappa shape index (κ3) is 27.9. The first-order valence-corrected chi connectivity index (χ1v) is 21.3. The van der Waals surface area contributed by atoms with Crippen molar-refractivity contribution in [1.29, 1.82) is 0 Å². The van der Waals surface area contributed by atoms with Gasteiger partial charge in [0, 0.05) is 25.8 Å². The van der Waals surface area contributed by atoms with Crippen LogP contribution in [-0.2, 0) is 23.9 Å². The molecule has 0 N–H and O–H groups in total. The lowest BCUT2D eigenvalue weighted by molar-refractivity contribution is -0.164. The van der Waals surface area contributed by atoms with Gasteiger partial charge in [-0.15, -0.1) is 0 Å². The highest BCUT2D eigenvalue weighted by Crippen LogP contribution is 2.21. The predicted octanol–water partition coefficient (Wildman–Crippen LogP) is 11.2.